The van der Waals surface area contributed by atoms with Crippen molar-refractivity contribution in [3.8, 4) is 0 Å². The first-order chi connectivity index (χ1) is 9.11. The van der Waals surface area contributed by atoms with Crippen molar-refractivity contribution >= 4 is 21.4 Å². The van der Waals surface area contributed by atoms with Gasteiger partial charge < -0.3 is 4.74 Å². The minimum Gasteiger partial charge on any atom is -0.378 e. The molecule has 1 aromatic rings. The van der Waals surface area contributed by atoms with E-state index in [9.17, 15) is 8.42 Å². The van der Waals surface area contributed by atoms with Crippen LogP contribution in [0.1, 0.15) is 43.5 Å². The van der Waals surface area contributed by atoms with Crippen molar-refractivity contribution in [1.82, 2.24) is 4.72 Å². The van der Waals surface area contributed by atoms with Gasteiger partial charge in [0.1, 0.15) is 0 Å². The van der Waals surface area contributed by atoms with Gasteiger partial charge in [-0.1, -0.05) is 13.0 Å². The molecule has 0 amide bonds. The van der Waals surface area contributed by atoms with E-state index in [1.54, 1.807) is 11.3 Å². The Bertz CT molecular complexity index is 464. The summed E-state index contributed by atoms with van der Waals surface area (Å²) < 4.78 is 32.4. The maximum Gasteiger partial charge on any atom is 0.212 e. The van der Waals surface area contributed by atoms with E-state index in [4.69, 9.17) is 4.74 Å². The molecule has 1 aliphatic rings. The van der Waals surface area contributed by atoms with Gasteiger partial charge >= 0.3 is 0 Å². The van der Waals surface area contributed by atoms with Gasteiger partial charge in [0.25, 0.3) is 0 Å². The molecular formula is C13H21NO3S2. The summed E-state index contributed by atoms with van der Waals surface area (Å²) in [5.41, 5.74) is 0. The second kappa shape index (κ2) is 6.83. The van der Waals surface area contributed by atoms with E-state index in [2.05, 4.69) is 4.72 Å². The molecule has 1 saturated heterocycles. The highest BCUT2D eigenvalue weighted by atomic mass is 32.2. The van der Waals surface area contributed by atoms with Crippen molar-refractivity contribution in [2.24, 2.45) is 0 Å². The third kappa shape index (κ3) is 4.56. The second-order valence-corrected chi connectivity index (χ2v) is 7.69. The summed E-state index contributed by atoms with van der Waals surface area (Å²) >= 11 is 1.59. The lowest BCUT2D eigenvalue weighted by atomic mass is 10.2. The van der Waals surface area contributed by atoms with Crippen molar-refractivity contribution < 1.29 is 13.2 Å². The van der Waals surface area contributed by atoms with Gasteiger partial charge in [0, 0.05) is 11.5 Å². The fraction of sp³-hybridized carbons (Fsp3) is 0.692. The molecule has 0 saturated carbocycles. The summed E-state index contributed by atoms with van der Waals surface area (Å²) in [7, 11) is -3.23. The minimum absolute atomic E-state index is 0.102. The molecule has 0 radical (unpaired) electrons. The summed E-state index contributed by atoms with van der Waals surface area (Å²) in [6.07, 6.45) is 3.51. The van der Waals surface area contributed by atoms with Gasteiger partial charge in [0.05, 0.1) is 17.9 Å². The Balaban J connectivity index is 1.88. The maximum atomic E-state index is 12.1. The Morgan fingerprint density at radius 1 is 1.58 bits per heavy atom. The summed E-state index contributed by atoms with van der Waals surface area (Å²) in [5.74, 6) is 0.152. The highest BCUT2D eigenvalue weighted by Gasteiger charge is 2.22. The van der Waals surface area contributed by atoms with Crippen LogP contribution in [0.15, 0.2) is 17.5 Å². The number of sulfonamides is 1. The smallest absolute Gasteiger partial charge is 0.212 e. The minimum atomic E-state index is -3.23. The SMILES string of the molecule is CC[C@@H](NS(=O)(=O)CC[C@@H]1CCCO1)c1cccs1. The Morgan fingerprint density at radius 2 is 2.42 bits per heavy atom. The molecule has 19 heavy (non-hydrogen) atoms. The van der Waals surface area contributed by atoms with Gasteiger partial charge in [-0.2, -0.15) is 0 Å². The lowest BCUT2D eigenvalue weighted by Gasteiger charge is -2.16. The van der Waals surface area contributed by atoms with Crippen LogP contribution in [0.4, 0.5) is 0 Å². The molecule has 2 rings (SSSR count). The van der Waals surface area contributed by atoms with Crippen LogP contribution in [-0.4, -0.2) is 26.9 Å². The van der Waals surface area contributed by atoms with Crippen molar-refractivity contribution in [2.45, 2.75) is 44.8 Å². The van der Waals surface area contributed by atoms with Crippen LogP contribution in [0.5, 0.6) is 0 Å². The number of rotatable bonds is 7. The highest BCUT2D eigenvalue weighted by molar-refractivity contribution is 7.89. The zero-order valence-corrected chi connectivity index (χ0v) is 12.8. The Hall–Kier alpha value is -0.430. The van der Waals surface area contributed by atoms with Gasteiger partial charge in [-0.25, -0.2) is 13.1 Å². The predicted molar refractivity (Wildman–Crippen MR) is 77.9 cm³/mol. The van der Waals surface area contributed by atoms with E-state index in [0.29, 0.717) is 6.42 Å². The third-order valence-electron chi connectivity index (χ3n) is 3.35. The van der Waals surface area contributed by atoms with E-state index in [1.165, 1.54) is 0 Å². The summed E-state index contributed by atoms with van der Waals surface area (Å²) in [5, 5.41) is 1.97. The standard InChI is InChI=1S/C13H21NO3S2/c1-2-12(13-6-4-9-18-13)14-19(15,16)10-7-11-5-3-8-17-11/h4,6,9,11-12,14H,2-3,5,7-8,10H2,1H3/t11-,12+/m0/s1. The zero-order valence-electron chi connectivity index (χ0n) is 11.2. The number of hydrogen-bond donors (Lipinski definition) is 1. The van der Waals surface area contributed by atoms with Gasteiger partial charge in [-0.15, -0.1) is 11.3 Å². The van der Waals surface area contributed by atoms with Crippen molar-refractivity contribution in [3.05, 3.63) is 22.4 Å². The molecule has 1 N–H and O–H groups in total. The molecular weight excluding hydrogens is 282 g/mol. The summed E-state index contributed by atoms with van der Waals surface area (Å²) in [6.45, 7) is 2.76. The predicted octanol–water partition coefficient (Wildman–Crippen LogP) is 2.69. The van der Waals surface area contributed by atoms with Crippen LogP contribution in [0.2, 0.25) is 0 Å². The van der Waals surface area contributed by atoms with Crippen LogP contribution >= 0.6 is 11.3 Å². The molecule has 0 aromatic carbocycles. The van der Waals surface area contributed by atoms with E-state index < -0.39 is 10.0 Å². The van der Waals surface area contributed by atoms with Crippen LogP contribution in [0, 0.1) is 0 Å². The molecule has 0 bridgehead atoms. The molecule has 0 aliphatic carbocycles. The van der Waals surface area contributed by atoms with E-state index in [-0.39, 0.29) is 17.9 Å². The fourth-order valence-electron chi connectivity index (χ4n) is 2.27. The number of nitrogens with one attached hydrogen (secondary N) is 1. The topological polar surface area (TPSA) is 55.4 Å². The largest absolute Gasteiger partial charge is 0.378 e. The zero-order chi connectivity index (χ0) is 13.7. The number of thiophene rings is 1. The second-order valence-electron chi connectivity index (χ2n) is 4.84. The van der Waals surface area contributed by atoms with Crippen LogP contribution in [0.3, 0.4) is 0 Å². The molecule has 0 unspecified atom stereocenters. The highest BCUT2D eigenvalue weighted by Crippen LogP contribution is 2.23. The molecule has 0 spiro atoms. The molecule has 1 aromatic heterocycles. The monoisotopic (exact) mass is 303 g/mol. The van der Waals surface area contributed by atoms with Gasteiger partial charge in [-0.3, -0.25) is 0 Å². The third-order valence-corrected chi connectivity index (χ3v) is 5.75. The Labute approximate surface area is 119 Å². The first kappa shape index (κ1) is 15.0. The molecule has 1 fully saturated rings. The van der Waals surface area contributed by atoms with Crippen LogP contribution in [0.25, 0.3) is 0 Å². The van der Waals surface area contributed by atoms with Crippen molar-refractivity contribution in [3.63, 3.8) is 0 Å². The fourth-order valence-corrected chi connectivity index (χ4v) is 4.62. The van der Waals surface area contributed by atoms with E-state index in [0.717, 1.165) is 30.7 Å². The summed E-state index contributed by atoms with van der Waals surface area (Å²) in [4.78, 5) is 1.07. The maximum absolute atomic E-state index is 12.1. The molecule has 1 aliphatic heterocycles. The van der Waals surface area contributed by atoms with Crippen LogP contribution in [-0.2, 0) is 14.8 Å². The van der Waals surface area contributed by atoms with Crippen LogP contribution < -0.4 is 4.72 Å². The number of hydrogen-bond acceptors (Lipinski definition) is 4. The van der Waals surface area contributed by atoms with Crippen molar-refractivity contribution in [1.29, 1.82) is 0 Å². The lowest BCUT2D eigenvalue weighted by molar-refractivity contribution is 0.108. The first-order valence-corrected chi connectivity index (χ1v) is 9.29. The molecule has 6 heteroatoms. The van der Waals surface area contributed by atoms with E-state index in [1.807, 2.05) is 24.4 Å². The first-order valence-electron chi connectivity index (χ1n) is 6.75. The van der Waals surface area contributed by atoms with Crippen molar-refractivity contribution in [2.75, 3.05) is 12.4 Å². The van der Waals surface area contributed by atoms with Gasteiger partial charge in [-0.05, 0) is 37.1 Å². The Morgan fingerprint density at radius 3 is 3.00 bits per heavy atom. The molecule has 108 valence electrons. The number of ether oxygens (including phenoxy) is 1. The van der Waals surface area contributed by atoms with Gasteiger partial charge in [0.2, 0.25) is 10.0 Å². The van der Waals surface area contributed by atoms with E-state index >= 15 is 0 Å². The lowest BCUT2D eigenvalue weighted by Crippen LogP contribution is -2.31. The Kier molecular flexibility index (Phi) is 5.38. The average molecular weight is 303 g/mol. The normalized spacial score (nSPS) is 21.6. The molecule has 2 heterocycles. The summed E-state index contributed by atoms with van der Waals surface area (Å²) in [6, 6.07) is 3.82. The molecule has 2 atom stereocenters. The molecule has 4 nitrogen and oxygen atoms in total. The quantitative estimate of drug-likeness (QED) is 0.842. The average Bonchev–Trinajstić information content (AvgIpc) is 3.06. The van der Waals surface area contributed by atoms with Gasteiger partial charge in [0.15, 0.2) is 0 Å².